The van der Waals surface area contributed by atoms with E-state index >= 15 is 0 Å². The van der Waals surface area contributed by atoms with Gasteiger partial charge in [0.25, 0.3) is 0 Å². The minimum atomic E-state index is 0.520. The molecule has 2 nitrogen and oxygen atoms in total. The van der Waals surface area contributed by atoms with Crippen LogP contribution in [0.5, 0.6) is 0 Å². The Kier molecular flexibility index (Phi) is 1.05. The first-order valence-corrected chi connectivity index (χ1v) is 3.61. The zero-order valence-corrected chi connectivity index (χ0v) is 5.96. The summed E-state index contributed by atoms with van der Waals surface area (Å²) in [6.07, 6.45) is 4.16. The van der Waals surface area contributed by atoms with Crippen molar-refractivity contribution in [2.24, 2.45) is 0 Å². The maximum absolute atomic E-state index is 4.36. The molecule has 0 bridgehead atoms. The van der Waals surface area contributed by atoms with Crippen LogP contribution in [-0.2, 0) is 13.1 Å². The summed E-state index contributed by atoms with van der Waals surface area (Å²) in [5, 5.41) is 0.520. The van der Waals surface area contributed by atoms with Crippen LogP contribution >= 0.6 is 12.6 Å². The molecule has 0 amide bonds. The van der Waals surface area contributed by atoms with Gasteiger partial charge in [0, 0.05) is 6.07 Å². The minimum Gasteiger partial charge on any atom is -0.167 e. The number of thiol groups is 1. The fourth-order valence-electron chi connectivity index (χ4n) is 1.23. The Morgan fingerprint density at radius 1 is 1.67 bits per heavy atom. The Balaban J connectivity index is 2.39. The zero-order chi connectivity index (χ0) is 6.27. The molecule has 0 N–H and O–H groups in total. The first-order chi connectivity index (χ1) is 4.36. The van der Waals surface area contributed by atoms with Gasteiger partial charge in [-0.25, -0.2) is 0 Å². The highest BCUT2D eigenvalue weighted by Gasteiger charge is 2.23. The van der Waals surface area contributed by atoms with E-state index in [1.807, 2.05) is 0 Å². The van der Waals surface area contributed by atoms with E-state index in [4.69, 9.17) is 0 Å². The van der Waals surface area contributed by atoms with Crippen LogP contribution in [0.15, 0.2) is 18.5 Å². The zero-order valence-electron chi connectivity index (χ0n) is 5.07. The van der Waals surface area contributed by atoms with Crippen LogP contribution in [0.3, 0.4) is 0 Å². The summed E-state index contributed by atoms with van der Waals surface area (Å²) in [5.41, 5.74) is 0. The second-order valence-electron chi connectivity index (χ2n) is 2.39. The molecule has 0 spiro atoms. The molecule has 9 heavy (non-hydrogen) atoms. The molecule has 48 valence electrons. The standard InChI is InChI=1S/C6H8N2S/c9-6-4-7-2-1-3-8(7)5-6/h1-3,6H,4-5H2/p+1. The number of nitrogens with zero attached hydrogens (tertiary/aromatic N) is 2. The van der Waals surface area contributed by atoms with Gasteiger partial charge in [-0.15, -0.1) is 4.68 Å². The third kappa shape index (κ3) is 0.758. The van der Waals surface area contributed by atoms with Crippen molar-refractivity contribution in [1.82, 2.24) is 4.68 Å². The summed E-state index contributed by atoms with van der Waals surface area (Å²) in [4.78, 5) is 0. The number of aromatic nitrogens is 2. The van der Waals surface area contributed by atoms with E-state index in [0.29, 0.717) is 5.25 Å². The van der Waals surface area contributed by atoms with Gasteiger partial charge in [-0.05, 0) is 0 Å². The highest BCUT2D eigenvalue weighted by molar-refractivity contribution is 7.80. The summed E-state index contributed by atoms with van der Waals surface area (Å²) < 4.78 is 4.36. The molecule has 0 aliphatic carbocycles. The summed E-state index contributed by atoms with van der Waals surface area (Å²) in [6.45, 7) is 2.10. The third-order valence-electron chi connectivity index (χ3n) is 1.64. The van der Waals surface area contributed by atoms with Gasteiger partial charge in [0.15, 0.2) is 12.7 Å². The van der Waals surface area contributed by atoms with Crippen molar-refractivity contribution in [3.05, 3.63) is 18.5 Å². The van der Waals surface area contributed by atoms with Gasteiger partial charge in [0.1, 0.15) is 0 Å². The number of hydrogen-bond donors (Lipinski definition) is 1. The topological polar surface area (TPSA) is 8.81 Å². The largest absolute Gasteiger partial charge is 0.195 e. The molecule has 0 aromatic carbocycles. The molecule has 2 rings (SSSR count). The lowest BCUT2D eigenvalue weighted by Crippen LogP contribution is -2.36. The lowest BCUT2D eigenvalue weighted by Gasteiger charge is -1.86. The van der Waals surface area contributed by atoms with E-state index in [9.17, 15) is 0 Å². The highest BCUT2D eigenvalue weighted by atomic mass is 32.1. The maximum atomic E-state index is 4.36. The molecular weight excluding hydrogens is 132 g/mol. The van der Waals surface area contributed by atoms with Gasteiger partial charge in [-0.1, -0.05) is 0 Å². The number of rotatable bonds is 0. The summed E-state index contributed by atoms with van der Waals surface area (Å²) in [5.74, 6) is 0. The van der Waals surface area contributed by atoms with Crippen molar-refractivity contribution in [3.8, 4) is 0 Å². The molecule has 0 radical (unpaired) electrons. The molecular formula is C6H9N2S+. The van der Waals surface area contributed by atoms with Crippen molar-refractivity contribution in [2.75, 3.05) is 0 Å². The van der Waals surface area contributed by atoms with Crippen molar-refractivity contribution >= 4 is 12.6 Å². The van der Waals surface area contributed by atoms with Crippen LogP contribution < -0.4 is 4.68 Å². The fraction of sp³-hybridized carbons (Fsp3) is 0.500. The van der Waals surface area contributed by atoms with Gasteiger partial charge in [0.2, 0.25) is 0 Å². The summed E-state index contributed by atoms with van der Waals surface area (Å²) >= 11 is 4.36. The molecule has 2 heterocycles. The van der Waals surface area contributed by atoms with Crippen molar-refractivity contribution in [2.45, 2.75) is 18.3 Å². The van der Waals surface area contributed by atoms with E-state index in [2.05, 4.69) is 40.5 Å². The fourth-order valence-corrected chi connectivity index (χ4v) is 1.56. The molecule has 0 saturated carbocycles. The van der Waals surface area contributed by atoms with Crippen LogP contribution in [-0.4, -0.2) is 9.93 Å². The molecule has 0 fully saturated rings. The molecule has 1 aliphatic heterocycles. The first-order valence-electron chi connectivity index (χ1n) is 3.09. The smallest absolute Gasteiger partial charge is 0.167 e. The Morgan fingerprint density at radius 3 is 3.33 bits per heavy atom. The SMILES string of the molecule is SC1Cn2ccc[n+]2C1. The molecule has 0 atom stereocenters. The number of fused-ring (bicyclic) bond motifs is 1. The Bertz CT molecular complexity index is 198. The highest BCUT2D eigenvalue weighted by Crippen LogP contribution is 2.04. The van der Waals surface area contributed by atoms with Crippen LogP contribution in [0.2, 0.25) is 0 Å². The predicted octanol–water partition coefficient (Wildman–Crippen LogP) is 0.0876. The molecule has 1 aromatic rings. The van der Waals surface area contributed by atoms with Crippen molar-refractivity contribution < 1.29 is 4.68 Å². The normalized spacial score (nSPS) is 24.3. The van der Waals surface area contributed by atoms with Gasteiger partial charge < -0.3 is 0 Å². The van der Waals surface area contributed by atoms with Gasteiger partial charge in [0.05, 0.1) is 18.0 Å². The average molecular weight is 141 g/mol. The average Bonchev–Trinajstić information content (AvgIpc) is 2.22. The molecule has 0 saturated heterocycles. The Labute approximate surface area is 59.5 Å². The van der Waals surface area contributed by atoms with E-state index in [1.54, 1.807) is 0 Å². The van der Waals surface area contributed by atoms with Crippen LogP contribution in [0.1, 0.15) is 0 Å². The van der Waals surface area contributed by atoms with Crippen molar-refractivity contribution in [3.63, 3.8) is 0 Å². The van der Waals surface area contributed by atoms with Crippen molar-refractivity contribution in [1.29, 1.82) is 0 Å². The van der Waals surface area contributed by atoms with Crippen LogP contribution in [0.25, 0.3) is 0 Å². The van der Waals surface area contributed by atoms with Gasteiger partial charge >= 0.3 is 0 Å². The van der Waals surface area contributed by atoms with Crippen LogP contribution in [0.4, 0.5) is 0 Å². The monoisotopic (exact) mass is 141 g/mol. The minimum absolute atomic E-state index is 0.520. The second kappa shape index (κ2) is 1.77. The van der Waals surface area contributed by atoms with E-state index < -0.39 is 0 Å². The van der Waals surface area contributed by atoms with Gasteiger partial charge in [-0.2, -0.15) is 17.3 Å². The Hall–Kier alpha value is -0.440. The van der Waals surface area contributed by atoms with Gasteiger partial charge in [-0.3, -0.25) is 0 Å². The molecule has 1 aromatic heterocycles. The second-order valence-corrected chi connectivity index (χ2v) is 3.12. The van der Waals surface area contributed by atoms with E-state index in [0.717, 1.165) is 13.1 Å². The third-order valence-corrected chi connectivity index (χ3v) is 1.97. The van der Waals surface area contributed by atoms with E-state index in [-0.39, 0.29) is 0 Å². The Morgan fingerprint density at radius 2 is 2.56 bits per heavy atom. The lowest BCUT2D eigenvalue weighted by molar-refractivity contribution is -0.757. The lowest BCUT2D eigenvalue weighted by atomic mass is 10.4. The van der Waals surface area contributed by atoms with Crippen LogP contribution in [0, 0.1) is 0 Å². The van der Waals surface area contributed by atoms with E-state index in [1.165, 1.54) is 0 Å². The molecule has 3 heteroatoms. The predicted molar refractivity (Wildman–Crippen MR) is 37.4 cm³/mol. The summed E-state index contributed by atoms with van der Waals surface area (Å²) in [7, 11) is 0. The molecule has 0 unspecified atom stereocenters. The first kappa shape index (κ1) is 5.35. The molecule has 1 aliphatic rings. The summed E-state index contributed by atoms with van der Waals surface area (Å²) in [6, 6.07) is 2.06. The maximum Gasteiger partial charge on any atom is 0.195 e. The quantitative estimate of drug-likeness (QED) is 0.387. The number of hydrogen-bond acceptors (Lipinski definition) is 1.